The summed E-state index contributed by atoms with van der Waals surface area (Å²) in [5.74, 6) is 0.615. The van der Waals surface area contributed by atoms with Gasteiger partial charge >= 0.3 is 0 Å². The molecule has 0 amide bonds. The predicted molar refractivity (Wildman–Crippen MR) is 146 cm³/mol. The summed E-state index contributed by atoms with van der Waals surface area (Å²) in [6.45, 7) is 18.3. The average molecular weight is 437 g/mol. The van der Waals surface area contributed by atoms with E-state index in [9.17, 15) is 0 Å². The topological polar surface area (TPSA) is 0 Å². The summed E-state index contributed by atoms with van der Waals surface area (Å²) >= 11 is 0. The molecule has 0 nitrogen and oxygen atoms in total. The minimum absolute atomic E-state index is 0.174. The summed E-state index contributed by atoms with van der Waals surface area (Å²) in [6, 6.07) is 23.2. The monoisotopic (exact) mass is 436 g/mol. The zero-order valence-electron chi connectivity index (χ0n) is 21.8. The molecule has 0 bridgehead atoms. The van der Waals surface area contributed by atoms with Crippen LogP contribution in [0.1, 0.15) is 84.1 Å². The fourth-order valence-corrected chi connectivity index (χ4v) is 4.86. The minimum Gasteiger partial charge on any atom is -0.0648 e. The lowest BCUT2D eigenvalue weighted by atomic mass is 9.84. The van der Waals surface area contributed by atoms with Crippen LogP contribution in [-0.2, 0) is 17.3 Å². The Morgan fingerprint density at radius 1 is 0.667 bits per heavy atom. The van der Waals surface area contributed by atoms with Gasteiger partial charge in [-0.2, -0.15) is 0 Å². The van der Waals surface area contributed by atoms with Crippen LogP contribution in [0.2, 0.25) is 0 Å². The first-order chi connectivity index (χ1) is 15.5. The van der Waals surface area contributed by atoms with E-state index < -0.39 is 0 Å². The molecule has 1 atom stereocenters. The van der Waals surface area contributed by atoms with Gasteiger partial charge < -0.3 is 0 Å². The molecule has 1 aliphatic carbocycles. The number of fused-ring (bicyclic) bond motifs is 1. The van der Waals surface area contributed by atoms with Gasteiger partial charge in [0, 0.05) is 0 Å². The molecule has 0 fully saturated rings. The summed E-state index contributed by atoms with van der Waals surface area (Å²) < 4.78 is 0. The molecule has 0 saturated heterocycles. The summed E-state index contributed by atoms with van der Waals surface area (Å²) in [4.78, 5) is 0. The first kappa shape index (κ1) is 23.6. The Morgan fingerprint density at radius 2 is 1.12 bits per heavy atom. The van der Waals surface area contributed by atoms with Crippen LogP contribution in [0, 0.1) is 5.92 Å². The van der Waals surface area contributed by atoms with Gasteiger partial charge in [-0.25, -0.2) is 0 Å². The number of allylic oxidation sites excluding steroid dienone is 1. The Morgan fingerprint density at radius 3 is 1.58 bits per heavy atom. The van der Waals surface area contributed by atoms with Crippen molar-refractivity contribution in [1.82, 2.24) is 0 Å². The van der Waals surface area contributed by atoms with Gasteiger partial charge in [-0.1, -0.05) is 128 Å². The van der Waals surface area contributed by atoms with E-state index in [1.54, 1.807) is 5.57 Å². The Hall–Kier alpha value is -2.60. The normalized spacial score (nSPS) is 14.7. The lowest BCUT2D eigenvalue weighted by molar-refractivity contribution is 0.590. The number of rotatable bonds is 4. The van der Waals surface area contributed by atoms with Gasteiger partial charge in [0.25, 0.3) is 0 Å². The Kier molecular flexibility index (Phi) is 6.16. The van der Waals surface area contributed by atoms with Gasteiger partial charge in [-0.05, 0) is 74.1 Å². The lowest BCUT2D eigenvalue weighted by Gasteiger charge is -2.21. The van der Waals surface area contributed by atoms with E-state index in [0.717, 1.165) is 6.42 Å². The SMILES string of the molecule is CCC(C)C1=Cc2c(-c3ccc(C(C)(C)C)cc3)ccc(-c3ccc(C(C)(C)C)cc3)c2C1. The van der Waals surface area contributed by atoms with Crippen molar-refractivity contribution in [3.63, 3.8) is 0 Å². The van der Waals surface area contributed by atoms with Crippen LogP contribution in [-0.4, -0.2) is 0 Å². The quantitative estimate of drug-likeness (QED) is 0.382. The third kappa shape index (κ3) is 4.72. The number of benzene rings is 3. The molecule has 0 aliphatic heterocycles. The van der Waals surface area contributed by atoms with E-state index in [1.807, 2.05) is 0 Å². The van der Waals surface area contributed by atoms with Crippen LogP contribution in [0.25, 0.3) is 28.3 Å². The van der Waals surface area contributed by atoms with Crippen molar-refractivity contribution in [3.8, 4) is 22.3 Å². The highest BCUT2D eigenvalue weighted by atomic mass is 14.3. The zero-order valence-corrected chi connectivity index (χ0v) is 21.8. The van der Waals surface area contributed by atoms with Crippen molar-refractivity contribution in [2.24, 2.45) is 5.92 Å². The first-order valence-electron chi connectivity index (χ1n) is 12.6. The second-order valence-corrected chi connectivity index (χ2v) is 11.9. The molecule has 0 saturated carbocycles. The van der Waals surface area contributed by atoms with E-state index >= 15 is 0 Å². The van der Waals surface area contributed by atoms with Crippen LogP contribution >= 0.6 is 0 Å². The molecule has 0 spiro atoms. The van der Waals surface area contributed by atoms with Crippen molar-refractivity contribution < 1.29 is 0 Å². The largest absolute Gasteiger partial charge is 0.0648 e. The molecule has 0 radical (unpaired) electrons. The van der Waals surface area contributed by atoms with Gasteiger partial charge in [0.05, 0.1) is 0 Å². The first-order valence-corrected chi connectivity index (χ1v) is 12.6. The molecular formula is C33H40. The average Bonchev–Trinajstić information content (AvgIpc) is 3.22. The highest BCUT2D eigenvalue weighted by Gasteiger charge is 2.24. The number of hydrogen-bond acceptors (Lipinski definition) is 0. The van der Waals surface area contributed by atoms with Gasteiger partial charge in [-0.15, -0.1) is 0 Å². The maximum atomic E-state index is 2.49. The summed E-state index contributed by atoms with van der Waals surface area (Å²) in [5.41, 5.74) is 13.0. The van der Waals surface area contributed by atoms with E-state index in [-0.39, 0.29) is 10.8 Å². The second kappa shape index (κ2) is 8.64. The molecule has 3 aromatic carbocycles. The van der Waals surface area contributed by atoms with Crippen LogP contribution in [0.5, 0.6) is 0 Å². The summed E-state index contributed by atoms with van der Waals surface area (Å²) in [5, 5.41) is 0. The molecule has 4 rings (SSSR count). The molecule has 0 aromatic heterocycles. The van der Waals surface area contributed by atoms with Gasteiger partial charge in [0.2, 0.25) is 0 Å². The van der Waals surface area contributed by atoms with Crippen LogP contribution in [0.3, 0.4) is 0 Å². The Bertz CT molecular complexity index is 1160. The smallest absolute Gasteiger partial charge is 0.00488 e. The van der Waals surface area contributed by atoms with Crippen LogP contribution in [0.15, 0.2) is 66.2 Å². The van der Waals surface area contributed by atoms with Crippen LogP contribution in [0.4, 0.5) is 0 Å². The lowest BCUT2D eigenvalue weighted by Crippen LogP contribution is -2.10. The maximum Gasteiger partial charge on any atom is -0.00488 e. The minimum atomic E-state index is 0.174. The van der Waals surface area contributed by atoms with E-state index in [4.69, 9.17) is 0 Å². The Labute approximate surface area is 201 Å². The molecule has 0 N–H and O–H groups in total. The third-order valence-electron chi connectivity index (χ3n) is 7.44. The molecule has 172 valence electrons. The highest BCUT2D eigenvalue weighted by Crippen LogP contribution is 2.42. The molecule has 0 heteroatoms. The molecule has 3 aromatic rings. The van der Waals surface area contributed by atoms with Crippen LogP contribution < -0.4 is 0 Å². The fourth-order valence-electron chi connectivity index (χ4n) is 4.86. The molecule has 33 heavy (non-hydrogen) atoms. The molecule has 0 heterocycles. The van der Waals surface area contributed by atoms with E-state index in [2.05, 4.69) is 122 Å². The predicted octanol–water partition coefficient (Wildman–Crippen LogP) is 9.60. The maximum absolute atomic E-state index is 2.49. The van der Waals surface area contributed by atoms with Crippen molar-refractivity contribution in [2.45, 2.75) is 79.1 Å². The fraction of sp³-hybridized carbons (Fsp3) is 0.394. The highest BCUT2D eigenvalue weighted by molar-refractivity contribution is 5.87. The molecular weight excluding hydrogens is 396 g/mol. The van der Waals surface area contributed by atoms with Gasteiger partial charge in [-0.3, -0.25) is 0 Å². The standard InChI is InChI=1S/C33H40/c1-9-22(2)25-20-30-28(23-10-14-26(15-11-23)32(3,4)5)18-19-29(31(30)21-25)24-12-16-27(17-13-24)33(6,7)8/h10-20,22H,9,21H2,1-8H3. The summed E-state index contributed by atoms with van der Waals surface area (Å²) in [6.07, 6.45) is 4.74. The van der Waals surface area contributed by atoms with E-state index in [1.165, 1.54) is 50.9 Å². The molecule has 1 aliphatic rings. The Balaban J connectivity index is 1.81. The summed E-state index contributed by atoms with van der Waals surface area (Å²) in [7, 11) is 0. The van der Waals surface area contributed by atoms with Gasteiger partial charge in [0.15, 0.2) is 0 Å². The van der Waals surface area contributed by atoms with Crippen molar-refractivity contribution in [1.29, 1.82) is 0 Å². The van der Waals surface area contributed by atoms with Crippen molar-refractivity contribution in [3.05, 3.63) is 88.5 Å². The third-order valence-corrected chi connectivity index (χ3v) is 7.44. The second-order valence-electron chi connectivity index (χ2n) is 11.9. The van der Waals surface area contributed by atoms with Crippen molar-refractivity contribution in [2.75, 3.05) is 0 Å². The molecule has 1 unspecified atom stereocenters. The zero-order chi connectivity index (χ0) is 24.0. The van der Waals surface area contributed by atoms with E-state index in [0.29, 0.717) is 5.92 Å². The number of hydrogen-bond donors (Lipinski definition) is 0. The van der Waals surface area contributed by atoms with Gasteiger partial charge in [0.1, 0.15) is 0 Å². The van der Waals surface area contributed by atoms with Crippen molar-refractivity contribution >= 4 is 6.08 Å².